The molecular weight excluding hydrogens is 235 g/mol. The average Bonchev–Trinajstić information content (AvgIpc) is 2.69. The first-order chi connectivity index (χ1) is 7.25. The SMILES string of the molecule is Clc1ccc(COn2ccnc2)c(Cl)c1. The van der Waals surface area contributed by atoms with E-state index in [0.29, 0.717) is 16.7 Å². The van der Waals surface area contributed by atoms with Crippen LogP contribution in [0.4, 0.5) is 0 Å². The molecule has 0 aliphatic rings. The third-order valence-electron chi connectivity index (χ3n) is 1.86. The summed E-state index contributed by atoms with van der Waals surface area (Å²) in [6.45, 7) is 0.381. The van der Waals surface area contributed by atoms with Gasteiger partial charge in [0, 0.05) is 21.8 Å². The highest BCUT2D eigenvalue weighted by Gasteiger charge is 2.01. The molecule has 2 rings (SSSR count). The molecule has 0 amide bonds. The molecule has 1 aromatic heterocycles. The Morgan fingerprint density at radius 1 is 1.33 bits per heavy atom. The second-order valence-electron chi connectivity index (χ2n) is 2.93. The largest absolute Gasteiger partial charge is 0.408 e. The van der Waals surface area contributed by atoms with Crippen LogP contribution in [0.1, 0.15) is 5.56 Å². The van der Waals surface area contributed by atoms with Gasteiger partial charge in [-0.3, -0.25) is 0 Å². The third-order valence-corrected chi connectivity index (χ3v) is 2.45. The lowest BCUT2D eigenvalue weighted by molar-refractivity contribution is 0.0970. The molecule has 1 heterocycles. The minimum Gasteiger partial charge on any atom is -0.408 e. The highest BCUT2D eigenvalue weighted by molar-refractivity contribution is 6.35. The number of nitrogens with zero attached hydrogens (tertiary/aromatic N) is 2. The number of aromatic nitrogens is 2. The fourth-order valence-electron chi connectivity index (χ4n) is 1.11. The van der Waals surface area contributed by atoms with Crippen LogP contribution in [0.3, 0.4) is 0 Å². The van der Waals surface area contributed by atoms with Crippen molar-refractivity contribution < 1.29 is 4.84 Å². The van der Waals surface area contributed by atoms with E-state index in [1.165, 1.54) is 4.73 Å². The summed E-state index contributed by atoms with van der Waals surface area (Å²) in [5, 5.41) is 1.22. The maximum atomic E-state index is 5.98. The van der Waals surface area contributed by atoms with Gasteiger partial charge in [0.25, 0.3) is 0 Å². The van der Waals surface area contributed by atoms with Gasteiger partial charge < -0.3 is 4.84 Å². The van der Waals surface area contributed by atoms with Crippen molar-refractivity contribution >= 4 is 23.2 Å². The second-order valence-corrected chi connectivity index (χ2v) is 3.78. The lowest BCUT2D eigenvalue weighted by Gasteiger charge is -2.07. The Kier molecular flexibility index (Phi) is 3.14. The van der Waals surface area contributed by atoms with Crippen LogP contribution in [-0.2, 0) is 6.61 Å². The minimum atomic E-state index is 0.381. The lowest BCUT2D eigenvalue weighted by atomic mass is 10.2. The van der Waals surface area contributed by atoms with Crippen LogP contribution in [0.5, 0.6) is 0 Å². The zero-order valence-corrected chi connectivity index (χ0v) is 9.24. The van der Waals surface area contributed by atoms with Gasteiger partial charge in [0.1, 0.15) is 12.9 Å². The van der Waals surface area contributed by atoms with E-state index < -0.39 is 0 Å². The molecule has 5 heteroatoms. The number of halogens is 2. The third kappa shape index (κ3) is 2.64. The highest BCUT2D eigenvalue weighted by Crippen LogP contribution is 2.20. The smallest absolute Gasteiger partial charge is 0.141 e. The van der Waals surface area contributed by atoms with Crippen molar-refractivity contribution in [2.24, 2.45) is 0 Å². The molecule has 0 bridgehead atoms. The topological polar surface area (TPSA) is 27.1 Å². The molecule has 15 heavy (non-hydrogen) atoms. The van der Waals surface area contributed by atoms with Gasteiger partial charge >= 0.3 is 0 Å². The maximum Gasteiger partial charge on any atom is 0.141 e. The van der Waals surface area contributed by atoms with Gasteiger partial charge in [0.15, 0.2) is 0 Å². The Bertz CT molecular complexity index is 443. The van der Waals surface area contributed by atoms with Crippen molar-refractivity contribution in [1.82, 2.24) is 9.71 Å². The number of benzene rings is 1. The van der Waals surface area contributed by atoms with Gasteiger partial charge in [-0.2, -0.15) is 4.73 Å². The predicted octanol–water partition coefficient (Wildman–Crippen LogP) is 2.82. The predicted molar refractivity (Wildman–Crippen MR) is 59.0 cm³/mol. The molecule has 0 fully saturated rings. The Labute approximate surface area is 97.2 Å². The molecule has 3 nitrogen and oxygen atoms in total. The van der Waals surface area contributed by atoms with Crippen LogP contribution in [0.25, 0.3) is 0 Å². The zero-order valence-electron chi connectivity index (χ0n) is 7.73. The molecule has 0 spiro atoms. The summed E-state index contributed by atoms with van der Waals surface area (Å²) < 4.78 is 1.52. The van der Waals surface area contributed by atoms with E-state index >= 15 is 0 Å². The standard InChI is InChI=1S/C10H8Cl2N2O/c11-9-2-1-8(10(12)5-9)6-15-14-4-3-13-7-14/h1-5,7H,6H2. The van der Waals surface area contributed by atoms with E-state index in [4.69, 9.17) is 28.0 Å². The van der Waals surface area contributed by atoms with Crippen molar-refractivity contribution in [3.63, 3.8) is 0 Å². The molecule has 0 atom stereocenters. The van der Waals surface area contributed by atoms with Crippen LogP contribution < -0.4 is 4.84 Å². The van der Waals surface area contributed by atoms with Gasteiger partial charge in [-0.15, -0.1) is 0 Å². The van der Waals surface area contributed by atoms with E-state index in [0.717, 1.165) is 5.56 Å². The molecule has 0 N–H and O–H groups in total. The second kappa shape index (κ2) is 4.55. The first kappa shape index (κ1) is 10.3. The summed E-state index contributed by atoms with van der Waals surface area (Å²) in [6.07, 6.45) is 4.93. The monoisotopic (exact) mass is 242 g/mol. The van der Waals surface area contributed by atoms with Crippen molar-refractivity contribution in [1.29, 1.82) is 0 Å². The molecule has 1 aromatic carbocycles. The van der Waals surface area contributed by atoms with Crippen LogP contribution in [0.2, 0.25) is 10.0 Å². The minimum absolute atomic E-state index is 0.381. The molecule has 0 radical (unpaired) electrons. The van der Waals surface area contributed by atoms with E-state index in [-0.39, 0.29) is 0 Å². The van der Waals surface area contributed by atoms with Gasteiger partial charge in [-0.05, 0) is 12.1 Å². The Morgan fingerprint density at radius 2 is 2.20 bits per heavy atom. The van der Waals surface area contributed by atoms with Crippen molar-refractivity contribution in [3.05, 3.63) is 52.5 Å². The number of hydrogen-bond donors (Lipinski definition) is 0. The molecular formula is C10H8Cl2N2O. The summed E-state index contributed by atoms with van der Waals surface area (Å²) in [6, 6.07) is 5.30. The molecule has 0 saturated carbocycles. The van der Waals surface area contributed by atoms with Crippen LogP contribution >= 0.6 is 23.2 Å². The van der Waals surface area contributed by atoms with Gasteiger partial charge in [0.05, 0.1) is 6.20 Å². The molecule has 0 aliphatic carbocycles. The summed E-state index contributed by atoms with van der Waals surface area (Å²) >= 11 is 11.8. The van der Waals surface area contributed by atoms with Crippen molar-refractivity contribution in [2.75, 3.05) is 0 Å². The van der Waals surface area contributed by atoms with Crippen LogP contribution in [0, 0.1) is 0 Å². The first-order valence-corrected chi connectivity index (χ1v) is 5.06. The number of hydrogen-bond acceptors (Lipinski definition) is 2. The fraction of sp³-hybridized carbons (Fsp3) is 0.100. The molecule has 0 saturated heterocycles. The summed E-state index contributed by atoms with van der Waals surface area (Å²) in [4.78, 5) is 9.23. The summed E-state index contributed by atoms with van der Waals surface area (Å²) in [5.41, 5.74) is 0.884. The van der Waals surface area contributed by atoms with E-state index in [2.05, 4.69) is 4.98 Å². The Morgan fingerprint density at radius 3 is 2.87 bits per heavy atom. The number of imidazole rings is 1. The van der Waals surface area contributed by atoms with E-state index in [1.54, 1.807) is 30.9 Å². The van der Waals surface area contributed by atoms with Gasteiger partial charge in [0.2, 0.25) is 0 Å². The van der Waals surface area contributed by atoms with Gasteiger partial charge in [-0.25, -0.2) is 4.98 Å². The summed E-state index contributed by atoms with van der Waals surface area (Å²) in [5.74, 6) is 0. The highest BCUT2D eigenvalue weighted by atomic mass is 35.5. The van der Waals surface area contributed by atoms with Crippen molar-refractivity contribution in [3.8, 4) is 0 Å². The maximum absolute atomic E-state index is 5.98. The van der Waals surface area contributed by atoms with Crippen LogP contribution in [0.15, 0.2) is 36.9 Å². The normalized spacial score (nSPS) is 10.3. The molecule has 78 valence electrons. The quantitative estimate of drug-likeness (QED) is 0.828. The molecule has 2 aromatic rings. The molecule has 0 unspecified atom stereocenters. The lowest BCUT2D eigenvalue weighted by Crippen LogP contribution is -2.08. The summed E-state index contributed by atoms with van der Waals surface area (Å²) in [7, 11) is 0. The zero-order chi connectivity index (χ0) is 10.7. The van der Waals surface area contributed by atoms with Gasteiger partial charge in [-0.1, -0.05) is 29.3 Å². The average molecular weight is 243 g/mol. The molecule has 0 aliphatic heterocycles. The van der Waals surface area contributed by atoms with Crippen molar-refractivity contribution in [2.45, 2.75) is 6.61 Å². The van der Waals surface area contributed by atoms with Crippen LogP contribution in [-0.4, -0.2) is 9.71 Å². The van der Waals surface area contributed by atoms with E-state index in [1.807, 2.05) is 6.07 Å². The Hall–Kier alpha value is -1.19. The van der Waals surface area contributed by atoms with E-state index in [9.17, 15) is 0 Å². The number of rotatable bonds is 3. The first-order valence-electron chi connectivity index (χ1n) is 4.31. The Balaban J connectivity index is 2.05. The fourth-order valence-corrected chi connectivity index (χ4v) is 1.57.